The molecule has 0 N–H and O–H groups in total. The average Bonchev–Trinajstić information content (AvgIpc) is 3.04. The van der Waals surface area contributed by atoms with Crippen LogP contribution in [0.25, 0.3) is 0 Å². The molecule has 170 valence electrons. The van der Waals surface area contributed by atoms with Crippen LogP contribution < -0.4 is 0 Å². The molecule has 2 nitrogen and oxygen atoms in total. The van der Waals surface area contributed by atoms with Gasteiger partial charge in [0.1, 0.15) is 0 Å². The van der Waals surface area contributed by atoms with Gasteiger partial charge in [-0.25, -0.2) is 4.79 Å². The number of hydrogen-bond donors (Lipinski definition) is 0. The zero-order valence-electron chi connectivity index (χ0n) is 20.4. The van der Waals surface area contributed by atoms with E-state index < -0.39 is 0 Å². The van der Waals surface area contributed by atoms with Gasteiger partial charge in [-0.05, 0) is 73.5 Å². The van der Waals surface area contributed by atoms with E-state index in [0.717, 1.165) is 43.1 Å². The Balaban J connectivity index is 1.88. The first kappa shape index (κ1) is 23.6. The maximum Gasteiger partial charge on any atom is 0.334 e. The normalized spacial score (nSPS) is 40.5. The number of hydrogen-bond acceptors (Lipinski definition) is 2. The second kappa shape index (κ2) is 9.61. The summed E-state index contributed by atoms with van der Waals surface area (Å²) in [6.07, 6.45) is 15.8. The van der Waals surface area contributed by atoms with Crippen LogP contribution in [0.2, 0.25) is 0 Å². The third kappa shape index (κ3) is 4.17. The molecule has 2 heteroatoms. The fourth-order valence-corrected chi connectivity index (χ4v) is 7.85. The largest absolute Gasteiger partial charge is 0.462 e. The van der Waals surface area contributed by atoms with Gasteiger partial charge in [0.25, 0.3) is 0 Å². The first-order valence-corrected chi connectivity index (χ1v) is 12.9. The Morgan fingerprint density at radius 1 is 1.10 bits per heavy atom. The summed E-state index contributed by atoms with van der Waals surface area (Å²) in [5.41, 5.74) is 3.13. The maximum absolute atomic E-state index is 12.4. The van der Waals surface area contributed by atoms with E-state index in [-0.39, 0.29) is 5.97 Å². The second-order valence-electron chi connectivity index (χ2n) is 11.1. The molecular weight excluding hydrogens is 368 g/mol. The molecule has 3 aliphatic rings. The predicted octanol–water partition coefficient (Wildman–Crippen LogP) is 7.88. The molecule has 1 heterocycles. The summed E-state index contributed by atoms with van der Waals surface area (Å²) in [6.45, 7) is 17.2. The van der Waals surface area contributed by atoms with Gasteiger partial charge in [0.05, 0.1) is 6.61 Å². The summed E-state index contributed by atoms with van der Waals surface area (Å²) < 4.78 is 5.41. The van der Waals surface area contributed by atoms with Gasteiger partial charge < -0.3 is 4.74 Å². The lowest BCUT2D eigenvalue weighted by Gasteiger charge is -2.62. The van der Waals surface area contributed by atoms with E-state index >= 15 is 0 Å². The van der Waals surface area contributed by atoms with E-state index in [1.807, 2.05) is 0 Å². The number of carbonyl (C=O) groups is 1. The molecule has 6 atom stereocenters. The summed E-state index contributed by atoms with van der Waals surface area (Å²) in [4.78, 5) is 12.4. The van der Waals surface area contributed by atoms with Crippen molar-refractivity contribution in [2.24, 2.45) is 34.5 Å². The number of carbonyl (C=O) groups excluding carboxylic acids is 1. The lowest BCUT2D eigenvalue weighted by atomic mass is 9.43. The molecule has 0 spiro atoms. The zero-order chi connectivity index (χ0) is 21.9. The summed E-state index contributed by atoms with van der Waals surface area (Å²) in [7, 11) is 0. The average molecular weight is 415 g/mol. The Bertz CT molecular complexity index is 662. The minimum atomic E-state index is -0.0703. The highest BCUT2D eigenvalue weighted by Gasteiger charge is 2.56. The van der Waals surface area contributed by atoms with E-state index in [0.29, 0.717) is 29.3 Å². The number of rotatable bonds is 8. The van der Waals surface area contributed by atoms with Gasteiger partial charge in [-0.2, -0.15) is 0 Å². The van der Waals surface area contributed by atoms with Crippen molar-refractivity contribution in [1.29, 1.82) is 0 Å². The van der Waals surface area contributed by atoms with Crippen molar-refractivity contribution in [1.82, 2.24) is 0 Å². The van der Waals surface area contributed by atoms with Crippen LogP contribution in [0, 0.1) is 34.5 Å². The summed E-state index contributed by atoms with van der Waals surface area (Å²) in [5, 5.41) is 0. The highest BCUT2D eigenvalue weighted by atomic mass is 16.5. The standard InChI is InChI=1S/C28H46O2/c1-7-10-21-19-30-26(29)23(21)13-14-24-20(4)12-15-25-27(5,17-9-3)22(11-8-2)16-18-28(24,25)6/h13,21-22,24-25H,4,7-12,14-19H2,1-3,5-6H3/b23-13+/t21-,22+,24+,25?,27+,28-/m0/s1. The van der Waals surface area contributed by atoms with E-state index in [2.05, 4.69) is 47.3 Å². The third-order valence-corrected chi connectivity index (χ3v) is 9.33. The number of allylic oxidation sites excluding steroid dienone is 2. The van der Waals surface area contributed by atoms with Crippen molar-refractivity contribution in [3.8, 4) is 0 Å². The molecule has 0 aromatic carbocycles. The van der Waals surface area contributed by atoms with Crippen LogP contribution in [0.4, 0.5) is 0 Å². The first-order chi connectivity index (χ1) is 14.3. The maximum atomic E-state index is 12.4. The van der Waals surface area contributed by atoms with E-state index in [1.165, 1.54) is 50.5 Å². The Hall–Kier alpha value is -1.05. The van der Waals surface area contributed by atoms with Gasteiger partial charge in [0, 0.05) is 11.5 Å². The van der Waals surface area contributed by atoms with E-state index in [9.17, 15) is 4.79 Å². The Morgan fingerprint density at radius 2 is 1.83 bits per heavy atom. The fourth-order valence-electron chi connectivity index (χ4n) is 7.85. The van der Waals surface area contributed by atoms with Crippen LogP contribution in [0.3, 0.4) is 0 Å². The fraction of sp³-hybridized carbons (Fsp3) is 0.821. The molecule has 1 unspecified atom stereocenters. The van der Waals surface area contributed by atoms with Gasteiger partial charge in [-0.3, -0.25) is 0 Å². The summed E-state index contributed by atoms with van der Waals surface area (Å²) in [6, 6.07) is 0. The van der Waals surface area contributed by atoms with Gasteiger partial charge in [-0.15, -0.1) is 0 Å². The van der Waals surface area contributed by atoms with Crippen molar-refractivity contribution in [3.05, 3.63) is 23.8 Å². The number of esters is 1. The van der Waals surface area contributed by atoms with Crippen molar-refractivity contribution < 1.29 is 9.53 Å². The highest BCUT2D eigenvalue weighted by Crippen LogP contribution is 2.65. The molecule has 2 aliphatic carbocycles. The first-order valence-electron chi connectivity index (χ1n) is 12.9. The van der Waals surface area contributed by atoms with Crippen LogP contribution in [-0.4, -0.2) is 12.6 Å². The smallest absolute Gasteiger partial charge is 0.334 e. The molecule has 0 radical (unpaired) electrons. The summed E-state index contributed by atoms with van der Waals surface area (Å²) in [5.74, 6) is 2.36. The lowest BCUT2D eigenvalue weighted by molar-refractivity contribution is -0.135. The zero-order valence-corrected chi connectivity index (χ0v) is 20.4. The number of ether oxygens (including phenoxy) is 1. The second-order valence-corrected chi connectivity index (χ2v) is 11.1. The Labute approximate surface area is 185 Å². The molecule has 2 saturated carbocycles. The molecule has 0 bridgehead atoms. The van der Waals surface area contributed by atoms with Crippen LogP contribution in [0.5, 0.6) is 0 Å². The summed E-state index contributed by atoms with van der Waals surface area (Å²) >= 11 is 0. The molecule has 0 aromatic rings. The van der Waals surface area contributed by atoms with Crippen molar-refractivity contribution >= 4 is 5.97 Å². The van der Waals surface area contributed by atoms with Gasteiger partial charge in [-0.1, -0.05) is 78.5 Å². The predicted molar refractivity (Wildman–Crippen MR) is 126 cm³/mol. The highest BCUT2D eigenvalue weighted by molar-refractivity contribution is 5.91. The molecule has 3 rings (SSSR count). The van der Waals surface area contributed by atoms with Crippen LogP contribution in [0.1, 0.15) is 105 Å². The van der Waals surface area contributed by atoms with Crippen molar-refractivity contribution in [2.75, 3.05) is 6.61 Å². The van der Waals surface area contributed by atoms with Crippen molar-refractivity contribution in [2.45, 2.75) is 105 Å². The van der Waals surface area contributed by atoms with Crippen LogP contribution in [-0.2, 0) is 9.53 Å². The molecule has 30 heavy (non-hydrogen) atoms. The Morgan fingerprint density at radius 3 is 2.50 bits per heavy atom. The molecule has 1 saturated heterocycles. The Kier molecular flexibility index (Phi) is 7.57. The number of cyclic esters (lactones) is 1. The quantitative estimate of drug-likeness (QED) is 0.229. The molecular formula is C28H46O2. The van der Waals surface area contributed by atoms with Gasteiger partial charge in [0.2, 0.25) is 0 Å². The van der Waals surface area contributed by atoms with E-state index in [1.54, 1.807) is 0 Å². The third-order valence-electron chi connectivity index (χ3n) is 9.33. The minimum absolute atomic E-state index is 0.0703. The lowest BCUT2D eigenvalue weighted by Crippen LogP contribution is -2.53. The minimum Gasteiger partial charge on any atom is -0.462 e. The van der Waals surface area contributed by atoms with Gasteiger partial charge in [0.15, 0.2) is 0 Å². The monoisotopic (exact) mass is 414 g/mol. The topological polar surface area (TPSA) is 26.3 Å². The molecule has 0 aromatic heterocycles. The number of fused-ring (bicyclic) bond motifs is 1. The SMILES string of the molecule is C=C1CCC2[C@](C)(CCC)[C@H](CCC)CC[C@@]2(C)[C@@H]1C/C=C1/C(=O)OC[C@@H]1CCC. The van der Waals surface area contributed by atoms with E-state index in [4.69, 9.17) is 4.74 Å². The van der Waals surface area contributed by atoms with Crippen LogP contribution >= 0.6 is 0 Å². The molecule has 3 fully saturated rings. The van der Waals surface area contributed by atoms with Crippen molar-refractivity contribution in [3.63, 3.8) is 0 Å². The van der Waals surface area contributed by atoms with Crippen LogP contribution in [0.15, 0.2) is 23.8 Å². The molecule has 1 aliphatic heterocycles. The molecule has 0 amide bonds. The van der Waals surface area contributed by atoms with Gasteiger partial charge >= 0.3 is 5.97 Å².